The summed E-state index contributed by atoms with van der Waals surface area (Å²) < 4.78 is 1.70. The molecule has 0 aromatic carbocycles. The zero-order valence-corrected chi connectivity index (χ0v) is 9.97. The van der Waals surface area contributed by atoms with Crippen molar-refractivity contribution >= 4 is 5.91 Å². The predicted octanol–water partition coefficient (Wildman–Crippen LogP) is -0.223. The topological polar surface area (TPSA) is 99.8 Å². The van der Waals surface area contributed by atoms with Gasteiger partial charge in [0.25, 0.3) is 0 Å². The van der Waals surface area contributed by atoms with E-state index in [9.17, 15) is 4.79 Å². The molecular formula is C10H19N5O. The van der Waals surface area contributed by atoms with E-state index in [0.717, 1.165) is 24.5 Å². The summed E-state index contributed by atoms with van der Waals surface area (Å²) in [7, 11) is 0. The number of nitrogens with two attached hydrogens (primary N) is 2. The van der Waals surface area contributed by atoms with Crippen molar-refractivity contribution < 1.29 is 4.79 Å². The minimum Gasteiger partial charge on any atom is -0.368 e. The maximum Gasteiger partial charge on any atom is 0.236 e. The standard InChI is InChI=1S/C10H19N5O/c1-4-7-13-8(5-2)15(14-7)6(3)9(11)10(12)16/h6,9H,4-5,11H2,1-3H3,(H2,12,16). The summed E-state index contributed by atoms with van der Waals surface area (Å²) in [4.78, 5) is 15.4. The lowest BCUT2D eigenvalue weighted by Gasteiger charge is -2.18. The summed E-state index contributed by atoms with van der Waals surface area (Å²) in [5.41, 5.74) is 10.9. The number of hydrogen-bond donors (Lipinski definition) is 2. The van der Waals surface area contributed by atoms with Crippen molar-refractivity contribution in [1.82, 2.24) is 14.8 Å². The van der Waals surface area contributed by atoms with Crippen LogP contribution in [-0.4, -0.2) is 26.7 Å². The van der Waals surface area contributed by atoms with Crippen molar-refractivity contribution in [3.63, 3.8) is 0 Å². The first-order valence-corrected chi connectivity index (χ1v) is 5.50. The van der Waals surface area contributed by atoms with Crippen LogP contribution in [-0.2, 0) is 17.6 Å². The molecule has 0 fully saturated rings. The molecule has 0 saturated carbocycles. The SMILES string of the molecule is CCc1nc(CC)n(C(C)C(N)C(N)=O)n1. The average molecular weight is 225 g/mol. The van der Waals surface area contributed by atoms with Crippen LogP contribution in [0.5, 0.6) is 0 Å². The third-order valence-electron chi connectivity index (χ3n) is 2.61. The molecule has 1 rings (SSSR count). The molecule has 0 saturated heterocycles. The summed E-state index contributed by atoms with van der Waals surface area (Å²) in [6.45, 7) is 5.79. The van der Waals surface area contributed by atoms with E-state index < -0.39 is 11.9 Å². The molecule has 0 bridgehead atoms. The number of aromatic nitrogens is 3. The smallest absolute Gasteiger partial charge is 0.236 e. The van der Waals surface area contributed by atoms with Gasteiger partial charge in [-0.05, 0) is 6.92 Å². The molecule has 0 radical (unpaired) electrons. The second-order valence-corrected chi connectivity index (χ2v) is 3.76. The lowest BCUT2D eigenvalue weighted by Crippen LogP contribution is -2.43. The first kappa shape index (κ1) is 12.6. The number of hydrogen-bond acceptors (Lipinski definition) is 4. The Morgan fingerprint density at radius 3 is 2.50 bits per heavy atom. The number of carbonyl (C=O) groups excluding carboxylic acids is 1. The maximum absolute atomic E-state index is 11.0. The molecule has 1 aromatic rings. The normalized spacial score (nSPS) is 14.8. The molecule has 1 aromatic heterocycles. The summed E-state index contributed by atoms with van der Waals surface area (Å²) in [5.74, 6) is 1.07. The fourth-order valence-electron chi connectivity index (χ4n) is 1.51. The Bertz CT molecular complexity index is 373. The molecular weight excluding hydrogens is 206 g/mol. The molecule has 4 N–H and O–H groups in total. The number of nitrogens with zero attached hydrogens (tertiary/aromatic N) is 3. The highest BCUT2D eigenvalue weighted by Crippen LogP contribution is 2.12. The van der Waals surface area contributed by atoms with Crippen molar-refractivity contribution in [3.05, 3.63) is 11.6 Å². The number of carbonyl (C=O) groups is 1. The van der Waals surface area contributed by atoms with E-state index in [1.807, 2.05) is 20.8 Å². The molecule has 0 aliphatic carbocycles. The highest BCUT2D eigenvalue weighted by Gasteiger charge is 2.23. The minimum absolute atomic E-state index is 0.264. The van der Waals surface area contributed by atoms with Crippen LogP contribution in [0.3, 0.4) is 0 Å². The molecule has 0 spiro atoms. The van der Waals surface area contributed by atoms with Crippen molar-refractivity contribution in [1.29, 1.82) is 0 Å². The fourth-order valence-corrected chi connectivity index (χ4v) is 1.51. The van der Waals surface area contributed by atoms with Crippen LogP contribution in [0.2, 0.25) is 0 Å². The van der Waals surface area contributed by atoms with E-state index >= 15 is 0 Å². The Morgan fingerprint density at radius 2 is 2.06 bits per heavy atom. The first-order chi connectivity index (χ1) is 7.51. The van der Waals surface area contributed by atoms with Crippen molar-refractivity contribution in [2.24, 2.45) is 11.5 Å². The number of amides is 1. The van der Waals surface area contributed by atoms with Crippen LogP contribution in [0, 0.1) is 0 Å². The molecule has 90 valence electrons. The molecule has 2 atom stereocenters. The Kier molecular flexibility index (Phi) is 4.00. The molecule has 2 unspecified atom stereocenters. The molecule has 1 heterocycles. The minimum atomic E-state index is -0.739. The van der Waals surface area contributed by atoms with Gasteiger partial charge in [-0.3, -0.25) is 4.79 Å². The zero-order chi connectivity index (χ0) is 12.3. The van der Waals surface area contributed by atoms with E-state index in [0.29, 0.717) is 0 Å². The Labute approximate surface area is 95.0 Å². The van der Waals surface area contributed by atoms with E-state index in [1.165, 1.54) is 0 Å². The number of primary amides is 1. The van der Waals surface area contributed by atoms with E-state index in [-0.39, 0.29) is 6.04 Å². The van der Waals surface area contributed by atoms with Crippen LogP contribution in [0.25, 0.3) is 0 Å². The Morgan fingerprint density at radius 1 is 1.44 bits per heavy atom. The van der Waals surface area contributed by atoms with Crippen LogP contribution in [0.15, 0.2) is 0 Å². The van der Waals surface area contributed by atoms with Crippen LogP contribution >= 0.6 is 0 Å². The van der Waals surface area contributed by atoms with Gasteiger partial charge in [-0.1, -0.05) is 13.8 Å². The third kappa shape index (κ3) is 2.38. The van der Waals surface area contributed by atoms with Crippen LogP contribution in [0.4, 0.5) is 0 Å². The van der Waals surface area contributed by atoms with Gasteiger partial charge in [-0.15, -0.1) is 0 Å². The number of aryl methyl sites for hydroxylation is 2. The van der Waals surface area contributed by atoms with Gasteiger partial charge in [0.2, 0.25) is 5.91 Å². The van der Waals surface area contributed by atoms with Crippen LogP contribution in [0.1, 0.15) is 38.5 Å². The zero-order valence-electron chi connectivity index (χ0n) is 9.97. The molecule has 1 amide bonds. The average Bonchev–Trinajstić information content (AvgIpc) is 2.69. The van der Waals surface area contributed by atoms with Crippen molar-refractivity contribution in [2.45, 2.75) is 45.7 Å². The highest BCUT2D eigenvalue weighted by molar-refractivity contribution is 5.80. The predicted molar refractivity (Wildman–Crippen MR) is 60.7 cm³/mol. The summed E-state index contributed by atoms with van der Waals surface area (Å²) in [5, 5.41) is 4.32. The number of rotatable bonds is 5. The quantitative estimate of drug-likeness (QED) is 0.723. The Balaban J connectivity index is 3.01. The van der Waals surface area contributed by atoms with Gasteiger partial charge in [-0.25, -0.2) is 9.67 Å². The summed E-state index contributed by atoms with van der Waals surface area (Å²) >= 11 is 0. The second-order valence-electron chi connectivity index (χ2n) is 3.76. The first-order valence-electron chi connectivity index (χ1n) is 5.50. The largest absolute Gasteiger partial charge is 0.368 e. The van der Waals surface area contributed by atoms with Gasteiger partial charge in [-0.2, -0.15) is 5.10 Å². The van der Waals surface area contributed by atoms with Gasteiger partial charge in [0, 0.05) is 12.8 Å². The van der Waals surface area contributed by atoms with Gasteiger partial charge in [0.15, 0.2) is 5.82 Å². The van der Waals surface area contributed by atoms with Gasteiger partial charge < -0.3 is 11.5 Å². The van der Waals surface area contributed by atoms with Gasteiger partial charge in [0.1, 0.15) is 11.9 Å². The lowest BCUT2D eigenvalue weighted by atomic mass is 10.1. The fraction of sp³-hybridized carbons (Fsp3) is 0.700. The summed E-state index contributed by atoms with van der Waals surface area (Å²) in [6.07, 6.45) is 1.52. The van der Waals surface area contributed by atoms with Gasteiger partial charge >= 0.3 is 0 Å². The second kappa shape index (κ2) is 5.07. The Hall–Kier alpha value is -1.43. The molecule has 6 nitrogen and oxygen atoms in total. The van der Waals surface area contributed by atoms with Crippen LogP contribution < -0.4 is 11.5 Å². The lowest BCUT2D eigenvalue weighted by molar-refractivity contribution is -0.120. The van der Waals surface area contributed by atoms with Gasteiger partial charge in [0.05, 0.1) is 6.04 Å². The van der Waals surface area contributed by atoms with E-state index in [2.05, 4.69) is 10.1 Å². The maximum atomic E-state index is 11.0. The highest BCUT2D eigenvalue weighted by atomic mass is 16.1. The van der Waals surface area contributed by atoms with E-state index in [4.69, 9.17) is 11.5 Å². The molecule has 0 aliphatic rings. The third-order valence-corrected chi connectivity index (χ3v) is 2.61. The molecule has 16 heavy (non-hydrogen) atoms. The summed E-state index contributed by atoms with van der Waals surface area (Å²) in [6, 6.07) is -1.00. The van der Waals surface area contributed by atoms with Crippen molar-refractivity contribution in [2.75, 3.05) is 0 Å². The molecule has 6 heteroatoms. The van der Waals surface area contributed by atoms with E-state index in [1.54, 1.807) is 4.68 Å². The molecule has 0 aliphatic heterocycles. The monoisotopic (exact) mass is 225 g/mol. The van der Waals surface area contributed by atoms with Crippen molar-refractivity contribution in [3.8, 4) is 0 Å².